The zero-order chi connectivity index (χ0) is 15.2. The summed E-state index contributed by atoms with van der Waals surface area (Å²) in [6.45, 7) is 2.06. The Hall–Kier alpha value is -2.47. The molecule has 110 valence electrons. The number of anilines is 2. The highest BCUT2D eigenvalue weighted by Crippen LogP contribution is 2.12. The lowest BCUT2D eigenvalue weighted by Gasteiger charge is -2.09. The van der Waals surface area contributed by atoms with Crippen LogP contribution in [0.2, 0.25) is 0 Å². The van der Waals surface area contributed by atoms with E-state index in [9.17, 15) is 9.18 Å². The second-order valence-electron chi connectivity index (χ2n) is 4.63. The second kappa shape index (κ2) is 6.81. The highest BCUT2D eigenvalue weighted by atomic mass is 19.1. The molecule has 0 aliphatic heterocycles. The lowest BCUT2D eigenvalue weighted by Crippen LogP contribution is -2.16. The van der Waals surface area contributed by atoms with Crippen LogP contribution in [0.1, 0.15) is 17.3 Å². The fraction of sp³-hybridized carbons (Fsp3) is 0.200. The fourth-order valence-electron chi connectivity index (χ4n) is 1.66. The number of aliphatic hydroxyl groups is 1. The van der Waals surface area contributed by atoms with Gasteiger partial charge < -0.3 is 15.7 Å². The molecule has 1 atom stereocenters. The van der Waals surface area contributed by atoms with Gasteiger partial charge in [0.1, 0.15) is 11.6 Å². The maximum Gasteiger partial charge on any atom is 0.255 e. The van der Waals surface area contributed by atoms with Crippen LogP contribution in [0.3, 0.4) is 0 Å². The van der Waals surface area contributed by atoms with Gasteiger partial charge in [-0.3, -0.25) is 4.79 Å². The molecule has 3 N–H and O–H groups in total. The maximum atomic E-state index is 13.0. The molecule has 1 aromatic heterocycles. The molecule has 0 fully saturated rings. The van der Waals surface area contributed by atoms with E-state index < -0.39 is 17.8 Å². The van der Waals surface area contributed by atoms with Crippen LogP contribution in [0, 0.1) is 5.82 Å². The van der Waals surface area contributed by atoms with Gasteiger partial charge in [-0.1, -0.05) is 6.07 Å². The summed E-state index contributed by atoms with van der Waals surface area (Å²) in [4.78, 5) is 16.0. The van der Waals surface area contributed by atoms with Crippen LogP contribution >= 0.6 is 0 Å². The lowest BCUT2D eigenvalue weighted by atomic mass is 10.2. The van der Waals surface area contributed by atoms with Gasteiger partial charge in [0, 0.05) is 12.1 Å². The molecular weight excluding hydrogens is 273 g/mol. The number of hydrogen-bond acceptors (Lipinski definition) is 4. The molecule has 0 aliphatic carbocycles. The first-order chi connectivity index (χ1) is 10.0. The van der Waals surface area contributed by atoms with Crippen molar-refractivity contribution in [2.75, 3.05) is 17.2 Å². The Balaban J connectivity index is 1.98. The molecule has 2 rings (SSSR count). The summed E-state index contributed by atoms with van der Waals surface area (Å²) < 4.78 is 13.0. The molecule has 21 heavy (non-hydrogen) atoms. The molecule has 0 bridgehead atoms. The molecule has 0 radical (unpaired) electrons. The van der Waals surface area contributed by atoms with Gasteiger partial charge in [-0.05, 0) is 37.3 Å². The van der Waals surface area contributed by atoms with Crippen LogP contribution in [0.5, 0.6) is 0 Å². The summed E-state index contributed by atoms with van der Waals surface area (Å²) in [5.41, 5.74) is 0.748. The first-order valence-corrected chi connectivity index (χ1v) is 6.49. The van der Waals surface area contributed by atoms with E-state index in [0.717, 1.165) is 0 Å². The molecular formula is C15H16FN3O2. The number of nitrogens with one attached hydrogen (secondary N) is 2. The van der Waals surface area contributed by atoms with Gasteiger partial charge in [0.15, 0.2) is 0 Å². The topological polar surface area (TPSA) is 74.2 Å². The Morgan fingerprint density at radius 2 is 2.19 bits per heavy atom. The van der Waals surface area contributed by atoms with E-state index in [0.29, 0.717) is 18.1 Å². The van der Waals surface area contributed by atoms with E-state index in [1.165, 1.54) is 30.5 Å². The van der Waals surface area contributed by atoms with Crippen LogP contribution in [0.4, 0.5) is 15.9 Å². The van der Waals surface area contributed by atoms with E-state index in [-0.39, 0.29) is 5.56 Å². The van der Waals surface area contributed by atoms with Crippen molar-refractivity contribution < 1.29 is 14.3 Å². The number of aliphatic hydroxyl groups excluding tert-OH is 1. The minimum atomic E-state index is -0.473. The summed E-state index contributed by atoms with van der Waals surface area (Å²) in [6, 6.07) is 8.82. The number of carbonyl (C=O) groups is 1. The Bertz CT molecular complexity index is 615. The molecule has 0 saturated heterocycles. The third-order valence-corrected chi connectivity index (χ3v) is 2.69. The molecule has 5 nitrogen and oxygen atoms in total. The number of pyridine rings is 1. The third kappa shape index (κ3) is 4.54. The molecule has 6 heteroatoms. The number of nitrogens with zero attached hydrogens (tertiary/aromatic N) is 1. The van der Waals surface area contributed by atoms with Crippen molar-refractivity contribution in [1.29, 1.82) is 0 Å². The largest absolute Gasteiger partial charge is 0.392 e. The normalized spacial score (nSPS) is 11.8. The summed E-state index contributed by atoms with van der Waals surface area (Å²) >= 11 is 0. The van der Waals surface area contributed by atoms with Crippen LogP contribution in [0.15, 0.2) is 42.6 Å². The van der Waals surface area contributed by atoms with E-state index in [4.69, 9.17) is 5.11 Å². The lowest BCUT2D eigenvalue weighted by molar-refractivity contribution is 0.102. The zero-order valence-corrected chi connectivity index (χ0v) is 11.5. The first-order valence-electron chi connectivity index (χ1n) is 6.49. The molecule has 1 heterocycles. The van der Waals surface area contributed by atoms with Gasteiger partial charge in [-0.15, -0.1) is 0 Å². The number of hydrogen-bond donors (Lipinski definition) is 3. The van der Waals surface area contributed by atoms with Gasteiger partial charge in [-0.2, -0.15) is 0 Å². The van der Waals surface area contributed by atoms with Crippen LogP contribution in [0.25, 0.3) is 0 Å². The molecule has 1 aromatic carbocycles. The van der Waals surface area contributed by atoms with Crippen molar-refractivity contribution in [3.8, 4) is 0 Å². The number of rotatable bonds is 5. The van der Waals surface area contributed by atoms with Crippen molar-refractivity contribution >= 4 is 17.4 Å². The predicted octanol–water partition coefficient (Wildman–Crippen LogP) is 2.27. The van der Waals surface area contributed by atoms with E-state index in [1.54, 1.807) is 19.1 Å². The summed E-state index contributed by atoms with van der Waals surface area (Å²) in [6.07, 6.45) is 1.01. The summed E-state index contributed by atoms with van der Waals surface area (Å²) in [5.74, 6) is -0.265. The highest BCUT2D eigenvalue weighted by Gasteiger charge is 2.07. The Labute approximate surface area is 121 Å². The van der Waals surface area contributed by atoms with Crippen molar-refractivity contribution in [2.45, 2.75) is 13.0 Å². The number of carbonyl (C=O) groups excluding carboxylic acids is 1. The third-order valence-electron chi connectivity index (χ3n) is 2.69. The van der Waals surface area contributed by atoms with E-state index in [1.807, 2.05) is 0 Å². The zero-order valence-electron chi connectivity index (χ0n) is 11.5. The number of benzene rings is 1. The molecule has 1 amide bonds. The first kappa shape index (κ1) is 14.9. The van der Waals surface area contributed by atoms with Gasteiger partial charge >= 0.3 is 0 Å². The maximum absolute atomic E-state index is 13.0. The SMILES string of the molecule is CC(O)CNc1ccc(NC(=O)c2cccc(F)c2)cn1. The number of amides is 1. The smallest absolute Gasteiger partial charge is 0.255 e. The Morgan fingerprint density at radius 1 is 1.38 bits per heavy atom. The Kier molecular flexibility index (Phi) is 4.84. The van der Waals surface area contributed by atoms with Gasteiger partial charge in [-0.25, -0.2) is 9.37 Å². The van der Waals surface area contributed by atoms with Crippen molar-refractivity contribution in [3.05, 3.63) is 54.0 Å². The van der Waals surface area contributed by atoms with Crippen molar-refractivity contribution in [1.82, 2.24) is 4.98 Å². The fourth-order valence-corrected chi connectivity index (χ4v) is 1.66. The van der Waals surface area contributed by atoms with Crippen LogP contribution in [-0.2, 0) is 0 Å². The standard InChI is InChI=1S/C15H16FN3O2/c1-10(20)8-17-14-6-5-13(9-18-14)19-15(21)11-3-2-4-12(16)7-11/h2-7,9-10,20H,8H2,1H3,(H,17,18)(H,19,21). The minimum Gasteiger partial charge on any atom is -0.392 e. The van der Waals surface area contributed by atoms with Crippen molar-refractivity contribution in [2.24, 2.45) is 0 Å². The molecule has 1 unspecified atom stereocenters. The van der Waals surface area contributed by atoms with Gasteiger partial charge in [0.25, 0.3) is 5.91 Å². The van der Waals surface area contributed by atoms with Crippen LogP contribution in [-0.4, -0.2) is 28.6 Å². The summed E-state index contributed by atoms with van der Waals surface area (Å²) in [7, 11) is 0. The number of aromatic nitrogens is 1. The molecule has 0 saturated carbocycles. The summed E-state index contributed by atoms with van der Waals surface area (Å²) in [5, 5.41) is 14.7. The van der Waals surface area contributed by atoms with Crippen molar-refractivity contribution in [3.63, 3.8) is 0 Å². The van der Waals surface area contributed by atoms with E-state index >= 15 is 0 Å². The predicted molar refractivity (Wildman–Crippen MR) is 78.8 cm³/mol. The van der Waals surface area contributed by atoms with E-state index in [2.05, 4.69) is 15.6 Å². The quantitative estimate of drug-likeness (QED) is 0.789. The Morgan fingerprint density at radius 3 is 2.81 bits per heavy atom. The molecule has 0 aliphatic rings. The minimum absolute atomic E-state index is 0.242. The van der Waals surface area contributed by atoms with Crippen LogP contribution < -0.4 is 10.6 Å². The molecule has 2 aromatic rings. The average Bonchev–Trinajstić information content (AvgIpc) is 2.46. The average molecular weight is 289 g/mol. The monoisotopic (exact) mass is 289 g/mol. The highest BCUT2D eigenvalue weighted by molar-refractivity contribution is 6.04. The molecule has 0 spiro atoms. The number of halogens is 1. The van der Waals surface area contributed by atoms with Gasteiger partial charge in [0.05, 0.1) is 18.0 Å². The second-order valence-corrected chi connectivity index (χ2v) is 4.63. The van der Waals surface area contributed by atoms with Gasteiger partial charge in [0.2, 0.25) is 0 Å².